The number of hydrogen-bond acceptors (Lipinski definition) is 4. The zero-order valence-electron chi connectivity index (χ0n) is 8.66. The number of ether oxygens (including phenoxy) is 1. The molecule has 0 amide bonds. The molecule has 4 nitrogen and oxygen atoms in total. The molecule has 0 fully saturated rings. The van der Waals surface area contributed by atoms with Crippen LogP contribution in [0.3, 0.4) is 0 Å². The van der Waals surface area contributed by atoms with Gasteiger partial charge in [0.2, 0.25) is 0 Å². The number of aliphatic hydroxyl groups excluding tert-OH is 1. The van der Waals surface area contributed by atoms with Crippen molar-refractivity contribution >= 4 is 5.97 Å². The van der Waals surface area contributed by atoms with E-state index in [-0.39, 0.29) is 23.3 Å². The molecular weight excluding hydrogens is 213 g/mol. The van der Waals surface area contributed by atoms with Gasteiger partial charge in [0.15, 0.2) is 0 Å². The lowest BCUT2D eigenvalue weighted by Gasteiger charge is -2.06. The molecule has 0 saturated carbocycles. The summed E-state index contributed by atoms with van der Waals surface area (Å²) in [7, 11) is 0. The van der Waals surface area contributed by atoms with Crippen LogP contribution in [0, 0.1) is 17.1 Å². The molecule has 1 N–H and O–H groups in total. The maximum atomic E-state index is 13.6. The molecule has 0 spiro atoms. The van der Waals surface area contributed by atoms with Crippen molar-refractivity contribution in [1.29, 1.82) is 5.26 Å². The largest absolute Gasteiger partial charge is 0.462 e. The Morgan fingerprint density at radius 3 is 2.81 bits per heavy atom. The minimum Gasteiger partial charge on any atom is -0.462 e. The minimum atomic E-state index is -0.847. The SMILES string of the molecule is CCOC(=O)c1cc(C#N)cc(CO)c1F. The summed E-state index contributed by atoms with van der Waals surface area (Å²) < 4.78 is 18.2. The van der Waals surface area contributed by atoms with Gasteiger partial charge in [-0.3, -0.25) is 0 Å². The Kier molecular flexibility index (Phi) is 3.97. The number of esters is 1. The fourth-order valence-electron chi connectivity index (χ4n) is 1.22. The molecule has 0 aliphatic heterocycles. The Morgan fingerprint density at radius 2 is 2.31 bits per heavy atom. The lowest BCUT2D eigenvalue weighted by atomic mass is 10.1. The van der Waals surface area contributed by atoms with Crippen LogP contribution in [0.25, 0.3) is 0 Å². The predicted molar refractivity (Wildman–Crippen MR) is 53.0 cm³/mol. The van der Waals surface area contributed by atoms with E-state index in [1.807, 2.05) is 0 Å². The summed E-state index contributed by atoms with van der Waals surface area (Å²) in [6.07, 6.45) is 0. The van der Waals surface area contributed by atoms with Crippen LogP contribution < -0.4 is 0 Å². The molecule has 1 aromatic rings. The number of rotatable bonds is 3. The van der Waals surface area contributed by atoms with Gasteiger partial charge in [-0.05, 0) is 19.1 Å². The summed E-state index contributed by atoms with van der Waals surface area (Å²) in [6.45, 7) is 1.13. The monoisotopic (exact) mass is 223 g/mol. The van der Waals surface area contributed by atoms with E-state index in [1.165, 1.54) is 6.07 Å². The quantitative estimate of drug-likeness (QED) is 0.785. The van der Waals surface area contributed by atoms with Gasteiger partial charge in [-0.15, -0.1) is 0 Å². The highest BCUT2D eigenvalue weighted by molar-refractivity contribution is 5.90. The van der Waals surface area contributed by atoms with E-state index in [2.05, 4.69) is 4.74 Å². The van der Waals surface area contributed by atoms with Crippen molar-refractivity contribution in [2.24, 2.45) is 0 Å². The van der Waals surface area contributed by atoms with Gasteiger partial charge in [-0.25, -0.2) is 9.18 Å². The molecule has 0 aliphatic rings. The Hall–Kier alpha value is -1.93. The van der Waals surface area contributed by atoms with E-state index in [1.54, 1.807) is 13.0 Å². The number of nitrogens with zero attached hydrogens (tertiary/aromatic N) is 1. The number of benzene rings is 1. The van der Waals surface area contributed by atoms with E-state index < -0.39 is 18.4 Å². The van der Waals surface area contributed by atoms with Crippen molar-refractivity contribution in [1.82, 2.24) is 0 Å². The number of nitriles is 1. The number of carbonyl (C=O) groups is 1. The van der Waals surface area contributed by atoms with Gasteiger partial charge in [0.1, 0.15) is 5.82 Å². The second-order valence-corrected chi connectivity index (χ2v) is 2.99. The predicted octanol–water partition coefficient (Wildman–Crippen LogP) is 1.37. The first-order valence-electron chi connectivity index (χ1n) is 4.64. The number of carbonyl (C=O) groups excluding carboxylic acids is 1. The fourth-order valence-corrected chi connectivity index (χ4v) is 1.22. The first-order valence-corrected chi connectivity index (χ1v) is 4.64. The normalized spacial score (nSPS) is 9.62. The van der Waals surface area contributed by atoms with Crippen molar-refractivity contribution in [3.8, 4) is 6.07 Å². The van der Waals surface area contributed by atoms with E-state index in [0.717, 1.165) is 6.07 Å². The van der Waals surface area contributed by atoms with E-state index in [4.69, 9.17) is 10.4 Å². The maximum absolute atomic E-state index is 13.6. The smallest absolute Gasteiger partial charge is 0.341 e. The first-order chi connectivity index (χ1) is 7.63. The topological polar surface area (TPSA) is 70.3 Å². The fraction of sp³-hybridized carbons (Fsp3) is 0.273. The van der Waals surface area contributed by atoms with E-state index >= 15 is 0 Å². The van der Waals surface area contributed by atoms with Crippen molar-refractivity contribution in [3.63, 3.8) is 0 Å². The van der Waals surface area contributed by atoms with Gasteiger partial charge in [0, 0.05) is 5.56 Å². The van der Waals surface area contributed by atoms with E-state index in [0.29, 0.717) is 0 Å². The van der Waals surface area contributed by atoms with Gasteiger partial charge in [-0.2, -0.15) is 5.26 Å². The van der Waals surface area contributed by atoms with Crippen LogP contribution >= 0.6 is 0 Å². The third-order valence-corrected chi connectivity index (χ3v) is 1.94. The van der Waals surface area contributed by atoms with E-state index in [9.17, 15) is 9.18 Å². The third kappa shape index (κ3) is 2.35. The van der Waals surface area contributed by atoms with Crippen molar-refractivity contribution in [3.05, 3.63) is 34.6 Å². The van der Waals surface area contributed by atoms with Gasteiger partial charge >= 0.3 is 5.97 Å². The molecule has 84 valence electrons. The van der Waals surface area contributed by atoms with Crippen LogP contribution in [0.15, 0.2) is 12.1 Å². The van der Waals surface area contributed by atoms with Crippen LogP contribution in [0.1, 0.15) is 28.4 Å². The molecule has 0 aromatic heterocycles. The highest BCUT2D eigenvalue weighted by Crippen LogP contribution is 2.17. The van der Waals surface area contributed by atoms with Crippen molar-refractivity contribution in [2.45, 2.75) is 13.5 Å². The van der Waals surface area contributed by atoms with Crippen molar-refractivity contribution in [2.75, 3.05) is 6.61 Å². The zero-order valence-corrected chi connectivity index (χ0v) is 8.66. The molecule has 1 aromatic carbocycles. The average Bonchev–Trinajstić information content (AvgIpc) is 2.29. The summed E-state index contributed by atoms with van der Waals surface area (Å²) in [5.74, 6) is -1.69. The second kappa shape index (κ2) is 5.24. The summed E-state index contributed by atoms with van der Waals surface area (Å²) in [6, 6.07) is 4.08. The number of hydrogen-bond donors (Lipinski definition) is 1. The first kappa shape index (κ1) is 12.1. The van der Waals surface area contributed by atoms with Crippen molar-refractivity contribution < 1.29 is 19.0 Å². The van der Waals surface area contributed by atoms with Crippen LogP contribution in [-0.2, 0) is 11.3 Å². The highest BCUT2D eigenvalue weighted by Gasteiger charge is 2.17. The van der Waals surface area contributed by atoms with Crippen LogP contribution in [0.2, 0.25) is 0 Å². The Bertz CT molecular complexity index is 451. The molecule has 0 bridgehead atoms. The summed E-state index contributed by atoms with van der Waals surface area (Å²) in [5, 5.41) is 17.6. The van der Waals surface area contributed by atoms with Crippen LogP contribution in [0.4, 0.5) is 4.39 Å². The van der Waals surface area contributed by atoms with Gasteiger partial charge < -0.3 is 9.84 Å². The Morgan fingerprint density at radius 1 is 1.62 bits per heavy atom. The van der Waals surface area contributed by atoms with Crippen LogP contribution in [0.5, 0.6) is 0 Å². The molecule has 5 heteroatoms. The molecule has 0 aliphatic carbocycles. The Labute approximate surface area is 91.9 Å². The molecule has 0 radical (unpaired) electrons. The van der Waals surface area contributed by atoms with Gasteiger partial charge in [0.25, 0.3) is 0 Å². The summed E-state index contributed by atoms with van der Waals surface area (Å²) in [5.41, 5.74) is -0.319. The molecule has 0 atom stereocenters. The van der Waals surface area contributed by atoms with Gasteiger partial charge in [0.05, 0.1) is 30.4 Å². The maximum Gasteiger partial charge on any atom is 0.341 e. The zero-order chi connectivity index (χ0) is 12.1. The van der Waals surface area contributed by atoms with Crippen LogP contribution in [-0.4, -0.2) is 17.7 Å². The second-order valence-electron chi connectivity index (χ2n) is 2.99. The molecule has 0 unspecified atom stereocenters. The standard InChI is InChI=1S/C11H10FNO3/c1-2-16-11(15)9-4-7(5-13)3-8(6-14)10(9)12/h3-4,14H,2,6H2,1H3. The molecule has 1 rings (SSSR count). The number of aliphatic hydroxyl groups is 1. The minimum absolute atomic E-state index is 0.0953. The number of halogens is 1. The molecule has 0 saturated heterocycles. The lowest BCUT2D eigenvalue weighted by molar-refractivity contribution is 0.0520. The summed E-state index contributed by atoms with van der Waals surface area (Å²) in [4.78, 5) is 11.3. The highest BCUT2D eigenvalue weighted by atomic mass is 19.1. The molecule has 16 heavy (non-hydrogen) atoms. The van der Waals surface area contributed by atoms with Gasteiger partial charge in [-0.1, -0.05) is 0 Å². The molecular formula is C11H10FNO3. The summed E-state index contributed by atoms with van der Waals surface area (Å²) >= 11 is 0. The Balaban J connectivity index is 3.27. The average molecular weight is 223 g/mol. The molecule has 0 heterocycles. The lowest BCUT2D eigenvalue weighted by Crippen LogP contribution is -2.09. The third-order valence-electron chi connectivity index (χ3n) is 1.94.